The van der Waals surface area contributed by atoms with Gasteiger partial charge in [0, 0.05) is 39.0 Å². The number of methoxy groups -OCH3 is 1. The predicted molar refractivity (Wildman–Crippen MR) is 140 cm³/mol. The molecule has 220 valence electrons. The van der Waals surface area contributed by atoms with Crippen molar-refractivity contribution in [3.8, 4) is 17.2 Å². The van der Waals surface area contributed by atoms with E-state index in [0.717, 1.165) is 31.8 Å². The number of hydrogen-bond acceptors (Lipinski definition) is 7. The van der Waals surface area contributed by atoms with Crippen molar-refractivity contribution in [3.05, 3.63) is 36.2 Å². The largest absolute Gasteiger partial charge is 0.465 e. The molecular weight excluding hydrogens is 551 g/mol. The number of likely N-dealkylation sites (tertiary alicyclic amines) is 1. The smallest absolute Gasteiger partial charge is 0.417 e. The normalized spacial score (nSPS) is 21.2. The SMILES string of the molecule is CCN1CCC(C#N)(NC(=O)O)CC1.CO[C@@H]1CC[C@@H](S(=O)(=O)c2ccc(-c3cnn(C)c3)cc2C(F)(F)F)C1. The number of rotatable bonds is 6. The lowest BCUT2D eigenvalue weighted by molar-refractivity contribution is -0.139. The van der Waals surface area contributed by atoms with Gasteiger partial charge in [-0.1, -0.05) is 13.0 Å². The van der Waals surface area contributed by atoms with Crippen molar-refractivity contribution in [3.63, 3.8) is 0 Å². The van der Waals surface area contributed by atoms with Crippen LogP contribution in [0.1, 0.15) is 44.6 Å². The number of hydrogen-bond donors (Lipinski definition) is 2. The highest BCUT2D eigenvalue weighted by Gasteiger charge is 2.42. The van der Waals surface area contributed by atoms with E-state index < -0.39 is 43.4 Å². The Kier molecular flexibility index (Phi) is 9.86. The molecule has 1 saturated heterocycles. The molecular formula is C26H34F3N5O5S. The first-order valence-electron chi connectivity index (χ1n) is 12.9. The van der Waals surface area contributed by atoms with Gasteiger partial charge in [0.05, 0.1) is 34.1 Å². The molecule has 4 rings (SSSR count). The third-order valence-corrected chi connectivity index (χ3v) is 9.73. The number of nitrogens with zero attached hydrogens (tertiary/aromatic N) is 4. The van der Waals surface area contributed by atoms with Gasteiger partial charge in [0.1, 0.15) is 5.54 Å². The first-order chi connectivity index (χ1) is 18.7. The Bertz CT molecular complexity index is 1330. The van der Waals surface area contributed by atoms with Crippen molar-refractivity contribution in [1.82, 2.24) is 20.0 Å². The van der Waals surface area contributed by atoms with Crippen LogP contribution in [0.15, 0.2) is 35.5 Å². The number of sulfone groups is 1. The highest BCUT2D eigenvalue weighted by Crippen LogP contribution is 2.40. The quantitative estimate of drug-likeness (QED) is 0.518. The first-order valence-corrected chi connectivity index (χ1v) is 14.4. The van der Waals surface area contributed by atoms with Gasteiger partial charge in [-0.3, -0.25) is 4.68 Å². The van der Waals surface area contributed by atoms with Gasteiger partial charge in [0.15, 0.2) is 9.84 Å². The molecule has 1 saturated carbocycles. The molecule has 14 heteroatoms. The van der Waals surface area contributed by atoms with Crippen LogP contribution in [0.2, 0.25) is 0 Å². The van der Waals surface area contributed by atoms with Crippen molar-refractivity contribution >= 4 is 15.9 Å². The number of carbonyl (C=O) groups is 1. The molecule has 2 N–H and O–H groups in total. The number of benzene rings is 1. The summed E-state index contributed by atoms with van der Waals surface area (Å²) in [6, 6.07) is 5.40. The van der Waals surface area contributed by atoms with E-state index in [1.54, 1.807) is 13.2 Å². The Hall–Kier alpha value is -3.15. The lowest BCUT2D eigenvalue weighted by atomic mass is 9.89. The van der Waals surface area contributed by atoms with E-state index in [1.165, 1.54) is 24.1 Å². The van der Waals surface area contributed by atoms with Gasteiger partial charge in [-0.2, -0.15) is 23.5 Å². The summed E-state index contributed by atoms with van der Waals surface area (Å²) >= 11 is 0. The summed E-state index contributed by atoms with van der Waals surface area (Å²) in [5.41, 5.74) is -1.25. The van der Waals surface area contributed by atoms with Gasteiger partial charge in [0.25, 0.3) is 0 Å². The number of halogens is 3. The molecule has 2 aromatic rings. The second-order valence-electron chi connectivity index (χ2n) is 10.0. The van der Waals surface area contributed by atoms with Gasteiger partial charge in [-0.15, -0.1) is 0 Å². The number of carboxylic acid groups (broad SMARTS) is 1. The number of nitriles is 1. The lowest BCUT2D eigenvalue weighted by Gasteiger charge is -2.36. The van der Waals surface area contributed by atoms with Crippen LogP contribution in [0.4, 0.5) is 18.0 Å². The summed E-state index contributed by atoms with van der Waals surface area (Å²) in [7, 11) is -0.982. The molecule has 40 heavy (non-hydrogen) atoms. The molecule has 10 nitrogen and oxygen atoms in total. The van der Waals surface area contributed by atoms with Crippen LogP contribution in [0.3, 0.4) is 0 Å². The molecule has 0 radical (unpaired) electrons. The number of aryl methyl sites for hydroxylation is 1. The molecule has 0 bridgehead atoms. The van der Waals surface area contributed by atoms with Gasteiger partial charge in [0.2, 0.25) is 0 Å². The molecule has 2 aliphatic rings. The summed E-state index contributed by atoms with van der Waals surface area (Å²) in [5, 5.41) is 23.0. The topological polar surface area (TPSA) is 138 Å². The molecule has 2 heterocycles. The van der Waals surface area contributed by atoms with Crippen molar-refractivity contribution < 1.29 is 36.2 Å². The molecule has 0 spiro atoms. The zero-order chi connectivity index (χ0) is 29.7. The average molecular weight is 586 g/mol. The molecule has 1 aliphatic carbocycles. The maximum Gasteiger partial charge on any atom is 0.417 e. The average Bonchev–Trinajstić information content (AvgIpc) is 3.58. The summed E-state index contributed by atoms with van der Waals surface area (Å²) < 4.78 is 73.1. The Morgan fingerprint density at radius 3 is 2.42 bits per heavy atom. The van der Waals surface area contributed by atoms with Crippen molar-refractivity contribution in [2.24, 2.45) is 7.05 Å². The minimum absolute atomic E-state index is 0.209. The van der Waals surface area contributed by atoms with Gasteiger partial charge in [-0.05, 0) is 56.3 Å². The summed E-state index contributed by atoms with van der Waals surface area (Å²) in [4.78, 5) is 12.0. The molecule has 0 unspecified atom stereocenters. The Morgan fingerprint density at radius 1 is 1.27 bits per heavy atom. The van der Waals surface area contributed by atoms with Crippen LogP contribution in [-0.2, 0) is 27.8 Å². The Labute approximate surface area is 231 Å². The maximum absolute atomic E-state index is 13.6. The van der Waals surface area contributed by atoms with Crippen molar-refractivity contribution in [2.45, 2.75) is 67.0 Å². The van der Waals surface area contributed by atoms with Gasteiger partial charge in [-0.25, -0.2) is 13.2 Å². The fourth-order valence-corrected chi connectivity index (χ4v) is 7.06. The minimum Gasteiger partial charge on any atom is -0.465 e. The van der Waals surface area contributed by atoms with Crippen LogP contribution in [0.5, 0.6) is 0 Å². The zero-order valence-electron chi connectivity index (χ0n) is 22.6. The van der Waals surface area contributed by atoms with E-state index in [0.29, 0.717) is 31.2 Å². The van der Waals surface area contributed by atoms with Crippen molar-refractivity contribution in [1.29, 1.82) is 5.26 Å². The van der Waals surface area contributed by atoms with E-state index >= 15 is 0 Å². The summed E-state index contributed by atoms with van der Waals surface area (Å²) in [6.45, 7) is 4.58. The Morgan fingerprint density at radius 2 is 1.95 bits per heavy atom. The minimum atomic E-state index is -4.78. The third kappa shape index (κ3) is 7.32. The monoisotopic (exact) mass is 585 g/mol. The van der Waals surface area contributed by atoms with E-state index in [2.05, 4.69) is 28.3 Å². The van der Waals surface area contributed by atoms with Gasteiger partial charge >= 0.3 is 12.3 Å². The molecule has 1 aliphatic heterocycles. The van der Waals surface area contributed by atoms with E-state index in [4.69, 9.17) is 15.1 Å². The number of aromatic nitrogens is 2. The van der Waals surface area contributed by atoms with E-state index in [9.17, 15) is 26.4 Å². The van der Waals surface area contributed by atoms with Gasteiger partial charge < -0.3 is 20.1 Å². The van der Waals surface area contributed by atoms with Crippen LogP contribution in [0.25, 0.3) is 11.1 Å². The number of ether oxygens (including phenoxy) is 1. The second-order valence-corrected chi connectivity index (χ2v) is 12.2. The fraction of sp³-hybridized carbons (Fsp3) is 0.577. The molecule has 2 atom stereocenters. The summed E-state index contributed by atoms with van der Waals surface area (Å²) in [6.07, 6.45) is -0.950. The molecule has 1 aromatic heterocycles. The number of alkyl halides is 3. The van der Waals surface area contributed by atoms with E-state index in [-0.39, 0.29) is 18.1 Å². The summed E-state index contributed by atoms with van der Waals surface area (Å²) in [5.74, 6) is 0. The fourth-order valence-electron chi connectivity index (χ4n) is 5.05. The predicted octanol–water partition coefficient (Wildman–Crippen LogP) is 4.08. The highest BCUT2D eigenvalue weighted by molar-refractivity contribution is 7.92. The first kappa shape index (κ1) is 31.4. The molecule has 1 amide bonds. The Balaban J connectivity index is 0.000000267. The third-order valence-electron chi connectivity index (χ3n) is 7.46. The molecule has 1 aromatic carbocycles. The number of amides is 1. The molecule has 2 fully saturated rings. The number of nitrogens with one attached hydrogen (secondary N) is 1. The van der Waals surface area contributed by atoms with Crippen LogP contribution in [0, 0.1) is 11.3 Å². The zero-order valence-corrected chi connectivity index (χ0v) is 23.4. The standard InChI is InChI=1S/C17H19F3N2O3S.C9H15N3O2/c1-22-10-12(9-21-22)11-3-6-16(15(7-11)17(18,19)20)26(23,24)14-5-4-13(8-14)25-2;1-2-12-5-3-9(7-10,4-6-12)11-8(13)14/h3,6-7,9-10,13-14H,4-5,8H2,1-2H3;11H,2-6H2,1H3,(H,13,14)/t13-,14-;/m1./s1. The maximum atomic E-state index is 13.6. The van der Waals surface area contributed by atoms with Crippen LogP contribution < -0.4 is 5.32 Å². The van der Waals surface area contributed by atoms with E-state index in [1.807, 2.05) is 0 Å². The van der Waals surface area contributed by atoms with Crippen LogP contribution in [-0.4, -0.2) is 77.9 Å². The lowest BCUT2D eigenvalue weighted by Crippen LogP contribution is -2.54. The second kappa shape index (κ2) is 12.6. The number of piperidine rings is 1. The van der Waals surface area contributed by atoms with Crippen molar-refractivity contribution in [2.75, 3.05) is 26.7 Å². The van der Waals surface area contributed by atoms with Crippen LogP contribution >= 0.6 is 0 Å². The highest BCUT2D eigenvalue weighted by atomic mass is 32.2.